The molecular formula is C38H42FN3O4S. The van der Waals surface area contributed by atoms with Crippen LogP contribution < -0.4 is 9.62 Å². The summed E-state index contributed by atoms with van der Waals surface area (Å²) in [6.45, 7) is 3.22. The van der Waals surface area contributed by atoms with Crippen LogP contribution in [0.15, 0.2) is 108 Å². The van der Waals surface area contributed by atoms with E-state index in [0.29, 0.717) is 11.3 Å². The smallest absolute Gasteiger partial charge is 0.264 e. The van der Waals surface area contributed by atoms with Crippen molar-refractivity contribution in [3.05, 3.63) is 131 Å². The van der Waals surface area contributed by atoms with Crippen molar-refractivity contribution in [2.45, 2.75) is 75.9 Å². The lowest BCUT2D eigenvalue weighted by Gasteiger charge is -2.35. The monoisotopic (exact) mass is 655 g/mol. The molecule has 1 aliphatic carbocycles. The number of rotatable bonds is 12. The van der Waals surface area contributed by atoms with Crippen molar-refractivity contribution in [2.75, 3.05) is 10.8 Å². The number of amides is 2. The fraction of sp³-hybridized carbons (Fsp3) is 0.316. The molecule has 4 aromatic rings. The Morgan fingerprint density at radius 3 is 2.00 bits per heavy atom. The summed E-state index contributed by atoms with van der Waals surface area (Å²) < 4.78 is 43.4. The van der Waals surface area contributed by atoms with Gasteiger partial charge >= 0.3 is 0 Å². The molecule has 1 N–H and O–H groups in total. The molecule has 47 heavy (non-hydrogen) atoms. The maximum Gasteiger partial charge on any atom is 0.264 e. The molecule has 1 aliphatic rings. The zero-order valence-electron chi connectivity index (χ0n) is 26.9. The molecule has 1 saturated carbocycles. The maximum atomic E-state index is 14.6. The average Bonchev–Trinajstić information content (AvgIpc) is 3.07. The quantitative estimate of drug-likeness (QED) is 0.184. The molecule has 0 radical (unpaired) electrons. The minimum atomic E-state index is -4.18. The number of halogens is 1. The van der Waals surface area contributed by atoms with Gasteiger partial charge in [0.25, 0.3) is 10.0 Å². The third-order valence-corrected chi connectivity index (χ3v) is 10.5. The number of hydrogen-bond donors (Lipinski definition) is 1. The van der Waals surface area contributed by atoms with Crippen LogP contribution in [0.5, 0.6) is 0 Å². The third-order valence-electron chi connectivity index (χ3n) is 8.70. The van der Waals surface area contributed by atoms with Crippen molar-refractivity contribution in [2.24, 2.45) is 0 Å². The zero-order valence-corrected chi connectivity index (χ0v) is 27.8. The van der Waals surface area contributed by atoms with Crippen molar-refractivity contribution in [1.82, 2.24) is 10.2 Å². The molecule has 4 aromatic carbocycles. The van der Waals surface area contributed by atoms with Crippen LogP contribution in [0.25, 0.3) is 0 Å². The summed E-state index contributed by atoms with van der Waals surface area (Å²) >= 11 is 0. The van der Waals surface area contributed by atoms with E-state index < -0.39 is 34.3 Å². The van der Waals surface area contributed by atoms with Crippen LogP contribution in [-0.2, 0) is 32.6 Å². The molecule has 0 heterocycles. The van der Waals surface area contributed by atoms with E-state index in [1.54, 1.807) is 48.5 Å². The molecule has 9 heteroatoms. The highest BCUT2D eigenvalue weighted by Gasteiger charge is 2.35. The molecule has 0 bridgehead atoms. The van der Waals surface area contributed by atoms with E-state index in [4.69, 9.17) is 0 Å². The molecule has 0 aromatic heterocycles. The fourth-order valence-corrected chi connectivity index (χ4v) is 7.38. The molecule has 0 spiro atoms. The van der Waals surface area contributed by atoms with Crippen LogP contribution in [0.3, 0.4) is 0 Å². The summed E-state index contributed by atoms with van der Waals surface area (Å²) in [5.41, 5.74) is 3.65. The first kappa shape index (κ1) is 33.9. The van der Waals surface area contributed by atoms with Crippen LogP contribution in [0.1, 0.15) is 54.4 Å². The first-order chi connectivity index (χ1) is 22.6. The maximum absolute atomic E-state index is 14.6. The summed E-state index contributed by atoms with van der Waals surface area (Å²) in [7, 11) is -4.18. The second-order valence-electron chi connectivity index (χ2n) is 12.4. The van der Waals surface area contributed by atoms with E-state index in [9.17, 15) is 22.4 Å². The van der Waals surface area contributed by atoms with E-state index in [1.165, 1.54) is 29.2 Å². The van der Waals surface area contributed by atoms with E-state index in [0.717, 1.165) is 53.1 Å². The lowest BCUT2D eigenvalue weighted by atomic mass is 9.94. The Labute approximate surface area is 277 Å². The highest BCUT2D eigenvalue weighted by molar-refractivity contribution is 7.92. The SMILES string of the molecule is Cc1ccc(N(CC(=O)N(Cc2ccc(F)cc2)C(Cc2ccccc2)C(=O)NC2CCCCC2)S(=O)(=O)c2ccc(C)cc2)cc1. The van der Waals surface area contributed by atoms with Gasteiger partial charge in [0.15, 0.2) is 0 Å². The van der Waals surface area contributed by atoms with Crippen molar-refractivity contribution in [3.8, 4) is 0 Å². The number of benzene rings is 4. The molecule has 1 fully saturated rings. The van der Waals surface area contributed by atoms with Gasteiger partial charge in [-0.3, -0.25) is 13.9 Å². The van der Waals surface area contributed by atoms with E-state index in [1.807, 2.05) is 44.2 Å². The van der Waals surface area contributed by atoms with Gasteiger partial charge in [0.1, 0.15) is 18.4 Å². The van der Waals surface area contributed by atoms with Gasteiger partial charge in [0.05, 0.1) is 10.6 Å². The molecular weight excluding hydrogens is 614 g/mol. The lowest BCUT2D eigenvalue weighted by Crippen LogP contribution is -2.55. The second-order valence-corrected chi connectivity index (χ2v) is 14.2. The summed E-state index contributed by atoms with van der Waals surface area (Å²) in [5, 5.41) is 3.20. The Morgan fingerprint density at radius 1 is 0.787 bits per heavy atom. The van der Waals surface area contributed by atoms with Gasteiger partial charge in [0.2, 0.25) is 11.8 Å². The number of sulfonamides is 1. The number of nitrogens with zero attached hydrogens (tertiary/aromatic N) is 2. The Morgan fingerprint density at radius 2 is 1.38 bits per heavy atom. The van der Waals surface area contributed by atoms with Crippen LogP contribution in [-0.4, -0.2) is 43.8 Å². The Hall–Kier alpha value is -4.50. The lowest BCUT2D eigenvalue weighted by molar-refractivity contribution is -0.140. The van der Waals surface area contributed by atoms with Gasteiger partial charge in [-0.2, -0.15) is 0 Å². The van der Waals surface area contributed by atoms with E-state index >= 15 is 0 Å². The summed E-state index contributed by atoms with van der Waals surface area (Å²) in [6.07, 6.45) is 5.13. The van der Waals surface area contributed by atoms with Gasteiger partial charge < -0.3 is 10.2 Å². The molecule has 246 valence electrons. The molecule has 1 atom stereocenters. The second kappa shape index (κ2) is 15.4. The van der Waals surface area contributed by atoms with Crippen LogP contribution in [0, 0.1) is 19.7 Å². The third kappa shape index (κ3) is 8.86. The molecule has 7 nitrogen and oxygen atoms in total. The van der Waals surface area contributed by atoms with Crippen molar-refractivity contribution in [1.29, 1.82) is 0 Å². The predicted octanol–water partition coefficient (Wildman–Crippen LogP) is 6.73. The van der Waals surface area contributed by atoms with Crippen molar-refractivity contribution in [3.63, 3.8) is 0 Å². The van der Waals surface area contributed by atoms with Crippen molar-refractivity contribution < 1.29 is 22.4 Å². The Kier molecular flexibility index (Phi) is 11.1. The molecule has 0 aliphatic heterocycles. The summed E-state index contributed by atoms with van der Waals surface area (Å²) in [5.74, 6) is -1.26. The van der Waals surface area contributed by atoms with Crippen LogP contribution in [0.2, 0.25) is 0 Å². The predicted molar refractivity (Wildman–Crippen MR) is 183 cm³/mol. The van der Waals surface area contributed by atoms with Crippen LogP contribution in [0.4, 0.5) is 10.1 Å². The average molecular weight is 656 g/mol. The van der Waals surface area contributed by atoms with Gasteiger partial charge in [-0.05, 0) is 74.2 Å². The minimum absolute atomic E-state index is 0.00303. The highest BCUT2D eigenvalue weighted by atomic mass is 32.2. The number of nitrogens with one attached hydrogen (secondary N) is 1. The van der Waals surface area contributed by atoms with Crippen molar-refractivity contribution >= 4 is 27.5 Å². The van der Waals surface area contributed by atoms with E-state index in [-0.39, 0.29) is 29.8 Å². The minimum Gasteiger partial charge on any atom is -0.352 e. The standard InChI is InChI=1S/C38H42FN3O4S/c1-28-13-21-34(22-14-28)42(47(45,46)35-23-15-29(2)16-24-35)27-37(43)41(26-31-17-19-32(39)20-18-31)36(25-30-9-5-3-6-10-30)38(44)40-33-11-7-4-8-12-33/h3,5-6,9-10,13-24,33,36H,4,7-8,11-12,25-27H2,1-2H3,(H,40,44). The number of anilines is 1. The zero-order chi connectivity index (χ0) is 33.4. The van der Waals surface area contributed by atoms with E-state index in [2.05, 4.69) is 5.32 Å². The van der Waals surface area contributed by atoms with Gasteiger partial charge in [-0.25, -0.2) is 12.8 Å². The number of carbonyl (C=O) groups excluding carboxylic acids is 2. The largest absolute Gasteiger partial charge is 0.352 e. The van der Waals surface area contributed by atoms with Gasteiger partial charge in [-0.15, -0.1) is 0 Å². The summed E-state index contributed by atoms with van der Waals surface area (Å²) in [4.78, 5) is 30.2. The normalized spacial score (nSPS) is 14.3. The molecule has 2 amide bonds. The molecule has 0 saturated heterocycles. The Bertz CT molecular complexity index is 1740. The first-order valence-electron chi connectivity index (χ1n) is 16.1. The number of aryl methyl sites for hydroxylation is 2. The highest BCUT2D eigenvalue weighted by Crippen LogP contribution is 2.26. The fourth-order valence-electron chi connectivity index (χ4n) is 5.96. The first-order valence-corrected chi connectivity index (χ1v) is 17.6. The molecule has 5 rings (SSSR count). The van der Waals surface area contributed by atoms with Crippen LogP contribution >= 0.6 is 0 Å². The van der Waals surface area contributed by atoms with Gasteiger partial charge in [-0.1, -0.05) is 97.1 Å². The Balaban J connectivity index is 1.55. The summed E-state index contributed by atoms with van der Waals surface area (Å²) in [6, 6.07) is 27.7. The molecule has 1 unspecified atom stereocenters. The van der Waals surface area contributed by atoms with Gasteiger partial charge in [0, 0.05) is 19.0 Å². The number of carbonyl (C=O) groups is 2. The number of hydrogen-bond acceptors (Lipinski definition) is 4. The topological polar surface area (TPSA) is 86.8 Å².